The molecule has 2 aliphatic rings. The molecule has 0 bridgehead atoms. The SMILES string of the molecule is CN1CCN(C(=O)C2CCCCN2)CC1. The molecule has 86 valence electrons. The number of piperazine rings is 1. The van der Waals surface area contributed by atoms with Crippen molar-refractivity contribution in [2.75, 3.05) is 39.8 Å². The zero-order valence-electron chi connectivity index (χ0n) is 9.54. The van der Waals surface area contributed by atoms with Crippen molar-refractivity contribution < 1.29 is 4.79 Å². The standard InChI is InChI=1S/C11H21N3O/c1-13-6-8-14(9-7-13)11(15)10-4-2-3-5-12-10/h10,12H,2-9H2,1H3. The molecule has 4 heteroatoms. The van der Waals surface area contributed by atoms with Crippen molar-refractivity contribution >= 4 is 5.91 Å². The summed E-state index contributed by atoms with van der Waals surface area (Å²) in [6.45, 7) is 4.82. The molecule has 0 aliphatic carbocycles. The average molecular weight is 211 g/mol. The van der Waals surface area contributed by atoms with E-state index >= 15 is 0 Å². The summed E-state index contributed by atoms with van der Waals surface area (Å²) in [6, 6.07) is 0.0992. The predicted molar refractivity (Wildman–Crippen MR) is 59.7 cm³/mol. The largest absolute Gasteiger partial charge is 0.339 e. The molecule has 2 saturated heterocycles. The number of hydrogen-bond acceptors (Lipinski definition) is 3. The van der Waals surface area contributed by atoms with Gasteiger partial charge in [0.2, 0.25) is 5.91 Å². The maximum atomic E-state index is 12.1. The van der Waals surface area contributed by atoms with Gasteiger partial charge in [0.25, 0.3) is 0 Å². The maximum absolute atomic E-state index is 12.1. The van der Waals surface area contributed by atoms with Gasteiger partial charge in [0, 0.05) is 26.2 Å². The van der Waals surface area contributed by atoms with Crippen LogP contribution in [0, 0.1) is 0 Å². The summed E-state index contributed by atoms with van der Waals surface area (Å²) in [5, 5.41) is 3.32. The van der Waals surface area contributed by atoms with E-state index in [2.05, 4.69) is 17.3 Å². The number of nitrogens with zero attached hydrogens (tertiary/aromatic N) is 2. The summed E-state index contributed by atoms with van der Waals surface area (Å²) in [5.41, 5.74) is 0. The molecule has 0 aromatic carbocycles. The lowest BCUT2D eigenvalue weighted by Crippen LogP contribution is -2.54. The van der Waals surface area contributed by atoms with E-state index in [4.69, 9.17) is 0 Å². The normalized spacial score (nSPS) is 29.1. The molecule has 0 saturated carbocycles. The minimum Gasteiger partial charge on any atom is -0.339 e. The lowest BCUT2D eigenvalue weighted by molar-refractivity contribution is -0.135. The summed E-state index contributed by atoms with van der Waals surface area (Å²) in [4.78, 5) is 16.4. The molecule has 0 aromatic heterocycles. The quantitative estimate of drug-likeness (QED) is 0.658. The van der Waals surface area contributed by atoms with Crippen LogP contribution in [0.2, 0.25) is 0 Å². The number of carbonyl (C=O) groups is 1. The number of likely N-dealkylation sites (N-methyl/N-ethyl adjacent to an activating group) is 1. The fourth-order valence-electron chi connectivity index (χ4n) is 2.31. The zero-order chi connectivity index (χ0) is 10.7. The Morgan fingerprint density at radius 1 is 1.20 bits per heavy atom. The topological polar surface area (TPSA) is 35.6 Å². The molecule has 2 fully saturated rings. The third kappa shape index (κ3) is 2.69. The predicted octanol–water partition coefficient (Wildman–Crippen LogP) is -0.0975. The van der Waals surface area contributed by atoms with Gasteiger partial charge in [-0.1, -0.05) is 6.42 Å². The van der Waals surface area contributed by atoms with E-state index in [-0.39, 0.29) is 6.04 Å². The van der Waals surface area contributed by atoms with E-state index in [1.165, 1.54) is 12.8 Å². The summed E-state index contributed by atoms with van der Waals surface area (Å²) < 4.78 is 0. The Labute approximate surface area is 91.6 Å². The number of rotatable bonds is 1. The van der Waals surface area contributed by atoms with Crippen LogP contribution in [-0.4, -0.2) is 61.5 Å². The molecule has 2 aliphatic heterocycles. The monoisotopic (exact) mass is 211 g/mol. The van der Waals surface area contributed by atoms with Crippen molar-refractivity contribution in [1.82, 2.24) is 15.1 Å². The summed E-state index contributed by atoms with van der Waals surface area (Å²) in [7, 11) is 2.11. The van der Waals surface area contributed by atoms with Crippen LogP contribution in [0.5, 0.6) is 0 Å². The van der Waals surface area contributed by atoms with E-state index < -0.39 is 0 Å². The number of amides is 1. The van der Waals surface area contributed by atoms with Crippen molar-refractivity contribution in [2.24, 2.45) is 0 Å². The Morgan fingerprint density at radius 3 is 2.53 bits per heavy atom. The van der Waals surface area contributed by atoms with E-state index in [0.717, 1.165) is 39.1 Å². The average Bonchev–Trinajstić information content (AvgIpc) is 2.30. The first-order valence-corrected chi connectivity index (χ1v) is 5.98. The van der Waals surface area contributed by atoms with E-state index in [9.17, 15) is 4.79 Å². The van der Waals surface area contributed by atoms with Gasteiger partial charge in [0.1, 0.15) is 0 Å². The highest BCUT2D eigenvalue weighted by molar-refractivity contribution is 5.82. The van der Waals surface area contributed by atoms with Gasteiger partial charge in [0.15, 0.2) is 0 Å². The van der Waals surface area contributed by atoms with Crippen LogP contribution < -0.4 is 5.32 Å². The minimum absolute atomic E-state index is 0.0992. The third-order valence-electron chi connectivity index (χ3n) is 3.42. The number of hydrogen-bond donors (Lipinski definition) is 1. The van der Waals surface area contributed by atoms with Gasteiger partial charge in [0.05, 0.1) is 6.04 Å². The molecular formula is C11H21N3O. The van der Waals surface area contributed by atoms with Crippen LogP contribution >= 0.6 is 0 Å². The second-order valence-electron chi connectivity index (χ2n) is 4.63. The maximum Gasteiger partial charge on any atom is 0.239 e. The Morgan fingerprint density at radius 2 is 1.93 bits per heavy atom. The van der Waals surface area contributed by atoms with Crippen LogP contribution in [-0.2, 0) is 4.79 Å². The Hall–Kier alpha value is -0.610. The first kappa shape index (κ1) is 10.9. The van der Waals surface area contributed by atoms with Crippen LogP contribution in [0.4, 0.5) is 0 Å². The van der Waals surface area contributed by atoms with E-state index in [1.54, 1.807) is 0 Å². The molecule has 4 nitrogen and oxygen atoms in total. The molecule has 1 amide bonds. The first-order valence-electron chi connectivity index (χ1n) is 5.98. The Kier molecular flexibility index (Phi) is 3.59. The number of nitrogens with one attached hydrogen (secondary N) is 1. The second kappa shape index (κ2) is 4.94. The third-order valence-corrected chi connectivity index (χ3v) is 3.42. The molecule has 1 unspecified atom stereocenters. The molecular weight excluding hydrogens is 190 g/mol. The fraction of sp³-hybridized carbons (Fsp3) is 0.909. The smallest absolute Gasteiger partial charge is 0.239 e. The van der Waals surface area contributed by atoms with E-state index in [0.29, 0.717) is 5.91 Å². The molecule has 2 heterocycles. The van der Waals surface area contributed by atoms with Gasteiger partial charge in [-0.2, -0.15) is 0 Å². The van der Waals surface area contributed by atoms with Crippen molar-refractivity contribution in [3.05, 3.63) is 0 Å². The molecule has 0 aromatic rings. The Bertz CT molecular complexity index is 218. The van der Waals surface area contributed by atoms with Crippen molar-refractivity contribution in [1.29, 1.82) is 0 Å². The van der Waals surface area contributed by atoms with Gasteiger partial charge >= 0.3 is 0 Å². The van der Waals surface area contributed by atoms with Crippen molar-refractivity contribution in [2.45, 2.75) is 25.3 Å². The summed E-state index contributed by atoms with van der Waals surface area (Å²) in [5.74, 6) is 0.322. The van der Waals surface area contributed by atoms with E-state index in [1.807, 2.05) is 4.90 Å². The second-order valence-corrected chi connectivity index (χ2v) is 4.63. The molecule has 1 atom stereocenters. The van der Waals surface area contributed by atoms with Gasteiger partial charge < -0.3 is 15.1 Å². The van der Waals surface area contributed by atoms with Gasteiger partial charge in [-0.05, 0) is 26.4 Å². The summed E-state index contributed by atoms with van der Waals surface area (Å²) >= 11 is 0. The molecule has 2 rings (SSSR count). The lowest BCUT2D eigenvalue weighted by atomic mass is 10.0. The highest BCUT2D eigenvalue weighted by atomic mass is 16.2. The molecule has 1 N–H and O–H groups in total. The van der Waals surface area contributed by atoms with Gasteiger partial charge in [-0.25, -0.2) is 0 Å². The number of carbonyl (C=O) groups excluding carboxylic acids is 1. The van der Waals surface area contributed by atoms with Crippen LogP contribution in [0.1, 0.15) is 19.3 Å². The lowest BCUT2D eigenvalue weighted by Gasteiger charge is -2.35. The van der Waals surface area contributed by atoms with Crippen molar-refractivity contribution in [3.8, 4) is 0 Å². The highest BCUT2D eigenvalue weighted by Crippen LogP contribution is 2.11. The zero-order valence-corrected chi connectivity index (χ0v) is 9.54. The first-order chi connectivity index (χ1) is 7.27. The minimum atomic E-state index is 0.0992. The van der Waals surface area contributed by atoms with Gasteiger partial charge in [-0.3, -0.25) is 4.79 Å². The number of piperidine rings is 1. The van der Waals surface area contributed by atoms with Crippen LogP contribution in [0.3, 0.4) is 0 Å². The fourth-order valence-corrected chi connectivity index (χ4v) is 2.31. The summed E-state index contributed by atoms with van der Waals surface area (Å²) in [6.07, 6.45) is 3.43. The molecule has 0 spiro atoms. The molecule has 15 heavy (non-hydrogen) atoms. The molecule has 0 radical (unpaired) electrons. The van der Waals surface area contributed by atoms with Crippen LogP contribution in [0.15, 0.2) is 0 Å². The highest BCUT2D eigenvalue weighted by Gasteiger charge is 2.27. The van der Waals surface area contributed by atoms with Crippen LogP contribution in [0.25, 0.3) is 0 Å². The Balaban J connectivity index is 1.84. The van der Waals surface area contributed by atoms with Gasteiger partial charge in [-0.15, -0.1) is 0 Å². The van der Waals surface area contributed by atoms with Crippen molar-refractivity contribution in [3.63, 3.8) is 0 Å².